The molecular weight excluding hydrogens is 304 g/mol. The van der Waals surface area contributed by atoms with Gasteiger partial charge in [0.1, 0.15) is 0 Å². The molecule has 0 heterocycles. The van der Waals surface area contributed by atoms with Crippen molar-refractivity contribution in [3.8, 4) is 0 Å². The second kappa shape index (κ2) is 8.19. The molecule has 6 heteroatoms. The Morgan fingerprint density at radius 2 is 1.33 bits per heavy atom. The minimum absolute atomic E-state index is 0.00257. The summed E-state index contributed by atoms with van der Waals surface area (Å²) in [5, 5.41) is 9.00. The van der Waals surface area contributed by atoms with Crippen LogP contribution in [0.5, 0.6) is 0 Å². The largest absolute Gasteiger partial charge is 0.227 e. The molecule has 2 aromatic carbocycles. The molecule has 0 fully saturated rings. The van der Waals surface area contributed by atoms with Crippen LogP contribution in [0.2, 0.25) is 0 Å². The number of hydrogen-bond donors (Lipinski definition) is 0. The Balaban J connectivity index is 2.22. The van der Waals surface area contributed by atoms with Gasteiger partial charge in [0.2, 0.25) is 0 Å². The van der Waals surface area contributed by atoms with Crippen LogP contribution in [-0.2, 0) is 0 Å². The van der Waals surface area contributed by atoms with E-state index >= 15 is 0 Å². The van der Waals surface area contributed by atoms with Crippen molar-refractivity contribution in [3.05, 3.63) is 64.4 Å². The molecule has 24 heavy (non-hydrogen) atoms. The third kappa shape index (κ3) is 4.16. The number of para-hydroxylation sites is 1. The second-order valence-corrected chi connectivity index (χ2v) is 6.15. The van der Waals surface area contributed by atoms with Crippen LogP contribution in [0.4, 0.5) is 17.1 Å². The van der Waals surface area contributed by atoms with E-state index in [9.17, 15) is 9.81 Å². The highest BCUT2D eigenvalue weighted by atomic mass is 16.3. The lowest BCUT2D eigenvalue weighted by molar-refractivity contribution is 0.492. The van der Waals surface area contributed by atoms with Crippen molar-refractivity contribution in [1.82, 2.24) is 0 Å². The maximum Gasteiger partial charge on any atom is 0.0686 e. The summed E-state index contributed by atoms with van der Waals surface area (Å²) < 4.78 is 0. The third-order valence-corrected chi connectivity index (χ3v) is 3.76. The van der Waals surface area contributed by atoms with E-state index in [4.69, 9.17) is 0 Å². The van der Waals surface area contributed by atoms with Gasteiger partial charge in [0.05, 0.1) is 33.7 Å². The smallest absolute Gasteiger partial charge is 0.0686 e. The summed E-state index contributed by atoms with van der Waals surface area (Å²) in [5.41, 5.74) is 2.00. The van der Waals surface area contributed by atoms with Crippen LogP contribution in [0, 0.1) is 15.7 Å². The predicted molar refractivity (Wildman–Crippen MR) is 98.0 cm³/mol. The van der Waals surface area contributed by atoms with Crippen molar-refractivity contribution in [1.29, 1.82) is 0 Å². The molecule has 0 aromatic heterocycles. The van der Waals surface area contributed by atoms with Gasteiger partial charge in [-0.15, -0.1) is 9.81 Å². The summed E-state index contributed by atoms with van der Waals surface area (Å²) in [4.78, 5) is 22.4. The fourth-order valence-electron chi connectivity index (χ4n) is 2.72. The van der Waals surface area contributed by atoms with E-state index in [1.807, 2.05) is 25.1 Å². The van der Waals surface area contributed by atoms with E-state index in [1.165, 1.54) is 10.0 Å². The number of nitroso groups, excluding NO2 is 2. The fourth-order valence-corrected chi connectivity index (χ4v) is 2.72. The molecule has 0 bridgehead atoms. The Hall–Kier alpha value is -2.76. The molecule has 0 saturated carbocycles. The Morgan fingerprint density at radius 1 is 0.792 bits per heavy atom. The molecule has 126 valence electrons. The molecule has 0 aliphatic heterocycles. The normalized spacial score (nSPS) is 11.8. The number of rotatable bonds is 8. The van der Waals surface area contributed by atoms with Crippen LogP contribution in [0.1, 0.15) is 27.2 Å². The SMILES string of the molecule is CC(C)CC(C)N(N=O)c1ccc(N(N=O)c2ccccc2)cc1. The highest BCUT2D eigenvalue weighted by molar-refractivity contribution is 5.64. The lowest BCUT2D eigenvalue weighted by Gasteiger charge is -2.25. The van der Waals surface area contributed by atoms with E-state index in [0.717, 1.165) is 6.42 Å². The molecule has 2 aromatic rings. The van der Waals surface area contributed by atoms with Crippen LogP contribution in [0.25, 0.3) is 0 Å². The number of benzene rings is 2. The predicted octanol–water partition coefficient (Wildman–Crippen LogP) is 5.43. The monoisotopic (exact) mass is 326 g/mol. The molecule has 0 spiro atoms. The van der Waals surface area contributed by atoms with Crippen LogP contribution < -0.4 is 10.0 Å². The van der Waals surface area contributed by atoms with E-state index in [2.05, 4.69) is 24.4 Å². The zero-order valence-corrected chi connectivity index (χ0v) is 14.2. The van der Waals surface area contributed by atoms with Gasteiger partial charge in [0, 0.05) is 0 Å². The lowest BCUT2D eigenvalue weighted by Crippen LogP contribution is -2.28. The summed E-state index contributed by atoms with van der Waals surface area (Å²) in [6.07, 6.45) is 0.861. The van der Waals surface area contributed by atoms with Gasteiger partial charge >= 0.3 is 0 Å². The van der Waals surface area contributed by atoms with Crippen molar-refractivity contribution in [2.24, 2.45) is 16.5 Å². The van der Waals surface area contributed by atoms with Crippen LogP contribution >= 0.6 is 0 Å². The first kappa shape index (κ1) is 17.6. The lowest BCUT2D eigenvalue weighted by atomic mass is 10.0. The summed E-state index contributed by atoms with van der Waals surface area (Å²) >= 11 is 0. The fraction of sp³-hybridized carbons (Fsp3) is 0.333. The summed E-state index contributed by atoms with van der Waals surface area (Å²) in [7, 11) is 0. The third-order valence-electron chi connectivity index (χ3n) is 3.76. The van der Waals surface area contributed by atoms with Crippen molar-refractivity contribution in [3.63, 3.8) is 0 Å². The molecular formula is C18H22N4O2. The average molecular weight is 326 g/mol. The van der Waals surface area contributed by atoms with Crippen molar-refractivity contribution < 1.29 is 0 Å². The maximum absolute atomic E-state index is 11.2. The first-order valence-corrected chi connectivity index (χ1v) is 7.97. The van der Waals surface area contributed by atoms with Gasteiger partial charge in [-0.05, 0) is 55.7 Å². The zero-order chi connectivity index (χ0) is 17.5. The number of nitrogens with zero attached hydrogens (tertiary/aromatic N) is 4. The molecule has 0 amide bonds. The van der Waals surface area contributed by atoms with Gasteiger partial charge in [-0.3, -0.25) is 0 Å². The zero-order valence-electron chi connectivity index (χ0n) is 14.2. The van der Waals surface area contributed by atoms with Crippen molar-refractivity contribution in [2.45, 2.75) is 33.2 Å². The van der Waals surface area contributed by atoms with E-state index < -0.39 is 0 Å². The Morgan fingerprint density at radius 3 is 1.83 bits per heavy atom. The molecule has 1 unspecified atom stereocenters. The topological polar surface area (TPSA) is 65.3 Å². The highest BCUT2D eigenvalue weighted by Gasteiger charge is 2.17. The molecule has 2 rings (SSSR count). The highest BCUT2D eigenvalue weighted by Crippen LogP contribution is 2.29. The van der Waals surface area contributed by atoms with Crippen LogP contribution in [0.3, 0.4) is 0 Å². The Kier molecular flexibility index (Phi) is 6.01. The minimum atomic E-state index is 0.00257. The van der Waals surface area contributed by atoms with Gasteiger partial charge in [-0.25, -0.2) is 5.01 Å². The van der Waals surface area contributed by atoms with Gasteiger partial charge < -0.3 is 0 Å². The molecule has 6 nitrogen and oxygen atoms in total. The maximum atomic E-state index is 11.2. The Bertz CT molecular complexity index is 658. The summed E-state index contributed by atoms with van der Waals surface area (Å²) in [6.45, 7) is 6.19. The molecule has 0 N–H and O–H groups in total. The van der Waals surface area contributed by atoms with Crippen molar-refractivity contribution in [2.75, 3.05) is 10.0 Å². The van der Waals surface area contributed by atoms with Crippen LogP contribution in [0.15, 0.2) is 65.2 Å². The molecule has 0 aliphatic carbocycles. The second-order valence-electron chi connectivity index (χ2n) is 6.15. The first-order valence-electron chi connectivity index (χ1n) is 7.97. The molecule has 0 saturated heterocycles. The van der Waals surface area contributed by atoms with Crippen LogP contribution in [-0.4, -0.2) is 6.04 Å². The molecule has 0 radical (unpaired) electrons. The summed E-state index contributed by atoms with van der Waals surface area (Å²) in [5.74, 6) is 0.469. The first-order chi connectivity index (χ1) is 11.6. The Labute approximate surface area is 142 Å². The van der Waals surface area contributed by atoms with Gasteiger partial charge in [0.15, 0.2) is 0 Å². The molecule has 1 atom stereocenters. The van der Waals surface area contributed by atoms with Crippen molar-refractivity contribution >= 4 is 17.1 Å². The van der Waals surface area contributed by atoms with Gasteiger partial charge in [-0.1, -0.05) is 32.0 Å². The standard InChI is InChI=1S/C18H22N4O2/c1-14(2)13-15(3)21(19-23)17-9-11-18(12-10-17)22(20-24)16-7-5-4-6-8-16/h4-12,14-15H,13H2,1-3H3. The average Bonchev–Trinajstić information content (AvgIpc) is 2.58. The van der Waals surface area contributed by atoms with E-state index in [-0.39, 0.29) is 6.04 Å². The quantitative estimate of drug-likeness (QED) is 0.479. The number of anilines is 3. The summed E-state index contributed by atoms with van der Waals surface area (Å²) in [6, 6.07) is 16.2. The number of hydrogen-bond acceptors (Lipinski definition) is 4. The van der Waals surface area contributed by atoms with E-state index in [1.54, 1.807) is 36.4 Å². The van der Waals surface area contributed by atoms with E-state index in [0.29, 0.717) is 23.0 Å². The molecule has 0 aliphatic rings. The van der Waals surface area contributed by atoms with Gasteiger partial charge in [0.25, 0.3) is 0 Å². The minimum Gasteiger partial charge on any atom is -0.227 e. The van der Waals surface area contributed by atoms with Gasteiger partial charge in [-0.2, -0.15) is 5.01 Å².